The molecule has 0 aliphatic heterocycles. The Labute approximate surface area is 140 Å². The van der Waals surface area contributed by atoms with Gasteiger partial charge in [0.1, 0.15) is 15.7 Å². The highest BCUT2D eigenvalue weighted by Crippen LogP contribution is 2.29. The van der Waals surface area contributed by atoms with Crippen molar-refractivity contribution < 1.29 is 9.18 Å². The van der Waals surface area contributed by atoms with Gasteiger partial charge in [0.2, 0.25) is 0 Å². The number of hydrogen-bond acceptors (Lipinski definition) is 3. The van der Waals surface area contributed by atoms with E-state index < -0.39 is 0 Å². The number of aromatic nitrogens is 1. The van der Waals surface area contributed by atoms with E-state index in [4.69, 9.17) is 0 Å². The van der Waals surface area contributed by atoms with Crippen LogP contribution in [0.1, 0.15) is 48.0 Å². The van der Waals surface area contributed by atoms with Gasteiger partial charge in [-0.3, -0.25) is 4.79 Å². The second-order valence-corrected chi connectivity index (χ2v) is 7.28. The number of carbonyl (C=O) groups excluding carboxylic acids is 1. The second-order valence-electron chi connectivity index (χ2n) is 6.28. The van der Waals surface area contributed by atoms with Crippen LogP contribution in [-0.2, 0) is 0 Å². The topological polar surface area (TPSA) is 42.0 Å². The first kappa shape index (κ1) is 16.1. The summed E-state index contributed by atoms with van der Waals surface area (Å²) in [6.07, 6.45) is 4.66. The Morgan fingerprint density at radius 2 is 1.96 bits per heavy atom. The van der Waals surface area contributed by atoms with Crippen molar-refractivity contribution >= 4 is 17.2 Å². The number of halogens is 1. The Bertz CT molecular complexity index is 696. The molecule has 0 radical (unpaired) electrons. The van der Waals surface area contributed by atoms with Gasteiger partial charge >= 0.3 is 0 Å². The van der Waals surface area contributed by atoms with Crippen molar-refractivity contribution in [3.05, 3.63) is 40.7 Å². The van der Waals surface area contributed by atoms with Crippen LogP contribution in [0.5, 0.6) is 0 Å². The molecule has 0 saturated heterocycles. The zero-order chi connectivity index (χ0) is 16.4. The Balaban J connectivity index is 1.77. The molecule has 2 aromatic rings. The number of thiazole rings is 1. The zero-order valence-corrected chi connectivity index (χ0v) is 14.3. The Hall–Kier alpha value is -1.75. The van der Waals surface area contributed by atoms with Crippen LogP contribution in [0.15, 0.2) is 24.3 Å². The Kier molecular flexibility index (Phi) is 4.76. The highest BCUT2D eigenvalue weighted by molar-refractivity contribution is 7.17. The molecule has 1 aliphatic carbocycles. The predicted octanol–water partition coefficient (Wildman–Crippen LogP) is 4.57. The first-order valence-corrected chi connectivity index (χ1v) is 8.90. The van der Waals surface area contributed by atoms with E-state index in [1.807, 2.05) is 6.92 Å². The molecule has 1 N–H and O–H groups in total. The van der Waals surface area contributed by atoms with Crippen LogP contribution in [0, 0.1) is 18.7 Å². The van der Waals surface area contributed by atoms with E-state index in [0.717, 1.165) is 22.7 Å². The minimum Gasteiger partial charge on any atom is -0.348 e. The molecule has 3 rings (SSSR count). The monoisotopic (exact) mass is 332 g/mol. The number of benzene rings is 1. The summed E-state index contributed by atoms with van der Waals surface area (Å²) >= 11 is 1.37. The van der Waals surface area contributed by atoms with Crippen LogP contribution in [0.25, 0.3) is 10.6 Å². The van der Waals surface area contributed by atoms with Crippen molar-refractivity contribution in [3.63, 3.8) is 0 Å². The first-order valence-electron chi connectivity index (χ1n) is 8.09. The summed E-state index contributed by atoms with van der Waals surface area (Å²) in [5.74, 6) is 0.218. The number of aryl methyl sites for hydroxylation is 1. The summed E-state index contributed by atoms with van der Waals surface area (Å²) in [4.78, 5) is 17.7. The summed E-state index contributed by atoms with van der Waals surface area (Å²) in [5, 5.41) is 3.93. The van der Waals surface area contributed by atoms with Gasteiger partial charge in [-0.2, -0.15) is 0 Å². The van der Waals surface area contributed by atoms with Gasteiger partial charge in [0.25, 0.3) is 5.91 Å². The molecule has 1 amide bonds. The summed E-state index contributed by atoms with van der Waals surface area (Å²) in [6.45, 7) is 4.05. The molecule has 3 nitrogen and oxygen atoms in total. The van der Waals surface area contributed by atoms with Gasteiger partial charge in [-0.1, -0.05) is 19.8 Å². The van der Waals surface area contributed by atoms with Crippen molar-refractivity contribution in [2.75, 3.05) is 0 Å². The minimum absolute atomic E-state index is 0.0351. The summed E-state index contributed by atoms with van der Waals surface area (Å²) in [7, 11) is 0. The molecule has 0 spiro atoms. The van der Waals surface area contributed by atoms with E-state index in [1.54, 1.807) is 12.1 Å². The van der Waals surface area contributed by atoms with Gasteiger partial charge in [0.15, 0.2) is 0 Å². The highest BCUT2D eigenvalue weighted by Gasteiger charge is 2.25. The third-order valence-corrected chi connectivity index (χ3v) is 5.73. The molecule has 5 heteroatoms. The normalized spacial score (nSPS) is 21.2. The Morgan fingerprint density at radius 1 is 1.26 bits per heavy atom. The van der Waals surface area contributed by atoms with E-state index >= 15 is 0 Å². The number of carbonyl (C=O) groups is 1. The fourth-order valence-corrected chi connectivity index (χ4v) is 4.06. The fraction of sp³-hybridized carbons (Fsp3) is 0.444. The molecule has 1 saturated carbocycles. The van der Waals surface area contributed by atoms with Crippen LogP contribution < -0.4 is 5.32 Å². The molecule has 1 aromatic heterocycles. The maximum Gasteiger partial charge on any atom is 0.263 e. The van der Waals surface area contributed by atoms with Crippen molar-refractivity contribution in [2.45, 2.75) is 45.6 Å². The lowest BCUT2D eigenvalue weighted by Crippen LogP contribution is -2.40. The number of nitrogens with zero attached hydrogens (tertiary/aromatic N) is 1. The summed E-state index contributed by atoms with van der Waals surface area (Å²) in [5.41, 5.74) is 1.57. The van der Waals surface area contributed by atoms with Crippen LogP contribution in [0.3, 0.4) is 0 Å². The Morgan fingerprint density at radius 3 is 2.65 bits per heavy atom. The average Bonchev–Trinajstić information content (AvgIpc) is 2.92. The number of amides is 1. The molecular weight excluding hydrogens is 311 g/mol. The predicted molar refractivity (Wildman–Crippen MR) is 91.1 cm³/mol. The van der Waals surface area contributed by atoms with Crippen LogP contribution >= 0.6 is 11.3 Å². The highest BCUT2D eigenvalue weighted by atomic mass is 32.1. The molecule has 1 heterocycles. The van der Waals surface area contributed by atoms with Gasteiger partial charge in [-0.25, -0.2) is 9.37 Å². The smallest absolute Gasteiger partial charge is 0.263 e. The molecule has 2 atom stereocenters. The minimum atomic E-state index is -0.272. The van der Waals surface area contributed by atoms with Gasteiger partial charge in [-0.05, 0) is 49.9 Å². The molecule has 0 bridgehead atoms. The van der Waals surface area contributed by atoms with Gasteiger partial charge in [0, 0.05) is 11.6 Å². The maximum absolute atomic E-state index is 13.0. The van der Waals surface area contributed by atoms with E-state index in [0.29, 0.717) is 10.8 Å². The molecule has 122 valence electrons. The molecule has 23 heavy (non-hydrogen) atoms. The van der Waals surface area contributed by atoms with Crippen molar-refractivity contribution in [3.8, 4) is 10.6 Å². The summed E-state index contributed by atoms with van der Waals surface area (Å²) in [6, 6.07) is 6.47. The fourth-order valence-electron chi connectivity index (χ4n) is 3.09. The third kappa shape index (κ3) is 3.61. The van der Waals surface area contributed by atoms with Crippen molar-refractivity contribution in [2.24, 2.45) is 5.92 Å². The quantitative estimate of drug-likeness (QED) is 0.895. The average molecular weight is 332 g/mol. The molecule has 1 aromatic carbocycles. The largest absolute Gasteiger partial charge is 0.348 e. The number of hydrogen-bond donors (Lipinski definition) is 1. The molecule has 2 unspecified atom stereocenters. The lowest BCUT2D eigenvalue weighted by Gasteiger charge is -2.29. The number of rotatable bonds is 3. The number of nitrogens with one attached hydrogen (secondary N) is 1. The van der Waals surface area contributed by atoms with Gasteiger partial charge < -0.3 is 5.32 Å². The zero-order valence-electron chi connectivity index (χ0n) is 13.4. The standard InChI is InChI=1S/C18H21FN2OS/c1-11-5-3-4-6-15(11)21-17(22)16-12(2)20-18(23-16)13-7-9-14(19)10-8-13/h7-11,15H,3-6H2,1-2H3,(H,21,22). The second kappa shape index (κ2) is 6.79. The van der Waals surface area contributed by atoms with Crippen molar-refractivity contribution in [1.82, 2.24) is 10.3 Å². The lowest BCUT2D eigenvalue weighted by molar-refractivity contribution is 0.0913. The molecule has 1 aliphatic rings. The lowest BCUT2D eigenvalue weighted by atomic mass is 9.86. The van der Waals surface area contributed by atoms with Gasteiger partial charge in [-0.15, -0.1) is 11.3 Å². The van der Waals surface area contributed by atoms with E-state index in [-0.39, 0.29) is 17.8 Å². The SMILES string of the molecule is Cc1nc(-c2ccc(F)cc2)sc1C(=O)NC1CCCCC1C. The van der Waals surface area contributed by atoms with E-state index in [9.17, 15) is 9.18 Å². The molecular formula is C18H21FN2OS. The maximum atomic E-state index is 13.0. The first-order chi connectivity index (χ1) is 11.0. The van der Waals surface area contributed by atoms with Crippen LogP contribution in [0.4, 0.5) is 4.39 Å². The van der Waals surface area contributed by atoms with Crippen LogP contribution in [-0.4, -0.2) is 16.9 Å². The summed E-state index contributed by atoms with van der Waals surface area (Å²) < 4.78 is 13.0. The van der Waals surface area contributed by atoms with Gasteiger partial charge in [0.05, 0.1) is 5.69 Å². The molecule has 1 fully saturated rings. The third-order valence-electron chi connectivity index (χ3n) is 4.52. The van der Waals surface area contributed by atoms with E-state index in [1.165, 1.54) is 42.7 Å². The van der Waals surface area contributed by atoms with Crippen LogP contribution in [0.2, 0.25) is 0 Å². The van der Waals surface area contributed by atoms with Crippen molar-refractivity contribution in [1.29, 1.82) is 0 Å². The van der Waals surface area contributed by atoms with E-state index in [2.05, 4.69) is 17.2 Å².